The van der Waals surface area contributed by atoms with Crippen molar-refractivity contribution in [2.24, 2.45) is 0 Å². The first-order chi connectivity index (χ1) is 8.79. The van der Waals surface area contributed by atoms with Gasteiger partial charge >= 0.3 is 0 Å². The summed E-state index contributed by atoms with van der Waals surface area (Å²) in [4.78, 5) is 0. The first-order valence-corrected chi connectivity index (χ1v) is 6.25. The first-order valence-electron chi connectivity index (χ1n) is 6.25. The number of rotatable bonds is 6. The Morgan fingerprint density at radius 2 is 2.17 bits per heavy atom. The molecule has 1 aromatic rings. The van der Waals surface area contributed by atoms with Gasteiger partial charge in [-0.3, -0.25) is 0 Å². The van der Waals surface area contributed by atoms with Crippen molar-refractivity contribution in [3.8, 4) is 5.75 Å². The lowest BCUT2D eigenvalue weighted by molar-refractivity contribution is -0.0159. The average molecular weight is 251 g/mol. The molecule has 0 amide bonds. The van der Waals surface area contributed by atoms with Crippen molar-refractivity contribution < 1.29 is 14.2 Å². The molecule has 1 heterocycles. The van der Waals surface area contributed by atoms with E-state index in [9.17, 15) is 0 Å². The molecule has 0 aliphatic carbocycles. The van der Waals surface area contributed by atoms with E-state index >= 15 is 0 Å². The molecule has 0 radical (unpaired) electrons. The second-order valence-electron chi connectivity index (χ2n) is 4.61. The lowest BCUT2D eigenvalue weighted by Gasteiger charge is -2.26. The van der Waals surface area contributed by atoms with E-state index in [2.05, 4.69) is 11.4 Å². The maximum atomic E-state index is 5.57. The highest BCUT2D eigenvalue weighted by Gasteiger charge is 2.34. The number of hydrogen-bond acceptors (Lipinski definition) is 4. The molecule has 1 aromatic carbocycles. The molecular formula is C14H21NO3. The zero-order valence-corrected chi connectivity index (χ0v) is 11.1. The Balaban J connectivity index is 1.88. The summed E-state index contributed by atoms with van der Waals surface area (Å²) in [6.07, 6.45) is 0.947. The van der Waals surface area contributed by atoms with Crippen LogP contribution in [-0.2, 0) is 16.0 Å². The molecule has 0 saturated carbocycles. The Labute approximate surface area is 108 Å². The molecule has 0 aromatic heterocycles. The van der Waals surface area contributed by atoms with E-state index in [1.54, 1.807) is 14.2 Å². The molecule has 18 heavy (non-hydrogen) atoms. The van der Waals surface area contributed by atoms with Gasteiger partial charge in [-0.05, 0) is 6.07 Å². The van der Waals surface area contributed by atoms with E-state index in [4.69, 9.17) is 14.2 Å². The van der Waals surface area contributed by atoms with Crippen molar-refractivity contribution in [1.29, 1.82) is 0 Å². The van der Waals surface area contributed by atoms with Crippen LogP contribution in [0.25, 0.3) is 0 Å². The lowest BCUT2D eigenvalue weighted by atomic mass is 10.0. The first kappa shape index (κ1) is 13.3. The number of ether oxygens (including phenoxy) is 3. The SMILES string of the molecule is COc1ccccc1CNC[C@]1(OC)CCOC1. The van der Waals surface area contributed by atoms with Gasteiger partial charge < -0.3 is 19.5 Å². The number of para-hydroxylation sites is 1. The van der Waals surface area contributed by atoms with Crippen LogP contribution in [0.3, 0.4) is 0 Å². The predicted molar refractivity (Wildman–Crippen MR) is 69.9 cm³/mol. The number of benzene rings is 1. The number of methoxy groups -OCH3 is 2. The van der Waals surface area contributed by atoms with Gasteiger partial charge in [-0.25, -0.2) is 0 Å². The summed E-state index contributed by atoms with van der Waals surface area (Å²) >= 11 is 0. The van der Waals surface area contributed by atoms with Crippen molar-refractivity contribution in [2.75, 3.05) is 34.0 Å². The van der Waals surface area contributed by atoms with E-state index in [-0.39, 0.29) is 5.60 Å². The summed E-state index contributed by atoms with van der Waals surface area (Å²) in [5.74, 6) is 0.916. The summed E-state index contributed by atoms with van der Waals surface area (Å²) < 4.78 is 16.3. The van der Waals surface area contributed by atoms with Gasteiger partial charge in [0.2, 0.25) is 0 Å². The predicted octanol–water partition coefficient (Wildman–Crippen LogP) is 1.59. The molecule has 1 aliphatic heterocycles. The van der Waals surface area contributed by atoms with E-state index < -0.39 is 0 Å². The molecule has 4 heteroatoms. The van der Waals surface area contributed by atoms with Crippen molar-refractivity contribution in [2.45, 2.75) is 18.6 Å². The Bertz CT molecular complexity index is 375. The third kappa shape index (κ3) is 3.02. The Morgan fingerprint density at radius 3 is 2.83 bits per heavy atom. The fourth-order valence-corrected chi connectivity index (χ4v) is 2.24. The molecule has 4 nitrogen and oxygen atoms in total. The number of nitrogens with one attached hydrogen (secondary N) is 1. The van der Waals surface area contributed by atoms with Crippen molar-refractivity contribution in [3.63, 3.8) is 0 Å². The summed E-state index contributed by atoms with van der Waals surface area (Å²) in [6, 6.07) is 8.03. The second-order valence-corrected chi connectivity index (χ2v) is 4.61. The Kier molecular flexibility index (Phi) is 4.58. The molecule has 0 bridgehead atoms. The molecular weight excluding hydrogens is 230 g/mol. The molecule has 1 fully saturated rings. The summed E-state index contributed by atoms with van der Waals surface area (Å²) in [5.41, 5.74) is 0.993. The van der Waals surface area contributed by atoms with Crippen LogP contribution >= 0.6 is 0 Å². The van der Waals surface area contributed by atoms with Gasteiger partial charge in [0.15, 0.2) is 0 Å². The largest absolute Gasteiger partial charge is 0.496 e. The van der Waals surface area contributed by atoms with E-state index in [0.717, 1.165) is 37.4 Å². The van der Waals surface area contributed by atoms with E-state index in [1.807, 2.05) is 18.2 Å². The second kappa shape index (κ2) is 6.18. The highest BCUT2D eigenvalue weighted by molar-refractivity contribution is 5.32. The molecule has 0 unspecified atom stereocenters. The van der Waals surface area contributed by atoms with Gasteiger partial charge in [-0.1, -0.05) is 18.2 Å². The monoisotopic (exact) mass is 251 g/mol. The zero-order valence-electron chi connectivity index (χ0n) is 11.1. The minimum absolute atomic E-state index is 0.165. The van der Waals surface area contributed by atoms with Crippen LogP contribution < -0.4 is 10.1 Å². The van der Waals surface area contributed by atoms with Crippen LogP contribution in [0.4, 0.5) is 0 Å². The van der Waals surface area contributed by atoms with Crippen LogP contribution in [0.15, 0.2) is 24.3 Å². The zero-order chi connectivity index (χ0) is 12.8. The van der Waals surface area contributed by atoms with Gasteiger partial charge in [-0.15, -0.1) is 0 Å². The molecule has 2 rings (SSSR count). The van der Waals surface area contributed by atoms with Gasteiger partial charge in [0.1, 0.15) is 11.4 Å². The van der Waals surface area contributed by atoms with Gasteiger partial charge in [0, 0.05) is 38.8 Å². The van der Waals surface area contributed by atoms with Crippen LogP contribution in [0.5, 0.6) is 5.75 Å². The van der Waals surface area contributed by atoms with Crippen LogP contribution in [0, 0.1) is 0 Å². The fraction of sp³-hybridized carbons (Fsp3) is 0.571. The van der Waals surface area contributed by atoms with Gasteiger partial charge in [-0.2, -0.15) is 0 Å². The fourth-order valence-electron chi connectivity index (χ4n) is 2.24. The minimum Gasteiger partial charge on any atom is -0.496 e. The average Bonchev–Trinajstić information content (AvgIpc) is 2.89. The van der Waals surface area contributed by atoms with E-state index in [1.165, 1.54) is 0 Å². The minimum atomic E-state index is -0.165. The Hall–Kier alpha value is -1.10. The Morgan fingerprint density at radius 1 is 1.33 bits per heavy atom. The topological polar surface area (TPSA) is 39.7 Å². The summed E-state index contributed by atoms with van der Waals surface area (Å²) in [5, 5.41) is 3.43. The highest BCUT2D eigenvalue weighted by atomic mass is 16.5. The summed E-state index contributed by atoms with van der Waals surface area (Å²) in [6.45, 7) is 3.02. The maximum absolute atomic E-state index is 5.57. The molecule has 1 N–H and O–H groups in total. The van der Waals surface area contributed by atoms with Crippen molar-refractivity contribution in [3.05, 3.63) is 29.8 Å². The normalized spacial score (nSPS) is 23.2. The van der Waals surface area contributed by atoms with Crippen LogP contribution in [0.1, 0.15) is 12.0 Å². The molecule has 0 spiro atoms. The molecule has 1 saturated heterocycles. The molecule has 1 atom stereocenters. The maximum Gasteiger partial charge on any atom is 0.123 e. The lowest BCUT2D eigenvalue weighted by Crippen LogP contribution is -2.42. The van der Waals surface area contributed by atoms with E-state index in [0.29, 0.717) is 6.61 Å². The quantitative estimate of drug-likeness (QED) is 0.833. The smallest absolute Gasteiger partial charge is 0.123 e. The standard InChI is InChI=1S/C14H21NO3/c1-16-13-6-4-3-5-12(13)9-15-10-14(17-2)7-8-18-11-14/h3-6,15H,7-11H2,1-2H3/t14-/m1/s1. The van der Waals surface area contributed by atoms with Crippen molar-refractivity contribution in [1.82, 2.24) is 5.32 Å². The molecule has 1 aliphatic rings. The summed E-state index contributed by atoms with van der Waals surface area (Å²) in [7, 11) is 3.44. The van der Waals surface area contributed by atoms with Crippen molar-refractivity contribution >= 4 is 0 Å². The van der Waals surface area contributed by atoms with Crippen LogP contribution in [-0.4, -0.2) is 39.6 Å². The number of hydrogen-bond donors (Lipinski definition) is 1. The third-order valence-electron chi connectivity index (χ3n) is 3.46. The highest BCUT2D eigenvalue weighted by Crippen LogP contribution is 2.22. The van der Waals surface area contributed by atoms with Gasteiger partial charge in [0.25, 0.3) is 0 Å². The van der Waals surface area contributed by atoms with Gasteiger partial charge in [0.05, 0.1) is 13.7 Å². The third-order valence-corrected chi connectivity index (χ3v) is 3.46. The molecule has 100 valence electrons. The van der Waals surface area contributed by atoms with Crippen LogP contribution in [0.2, 0.25) is 0 Å².